The van der Waals surface area contributed by atoms with Crippen LogP contribution in [-0.4, -0.2) is 49.0 Å². The summed E-state index contributed by atoms with van der Waals surface area (Å²) < 4.78 is 11.0. The van der Waals surface area contributed by atoms with E-state index >= 15 is 0 Å². The number of nitrogens with zero attached hydrogens (tertiary/aromatic N) is 1. The van der Waals surface area contributed by atoms with Gasteiger partial charge in [-0.3, -0.25) is 4.90 Å². The molecule has 122 valence electrons. The fraction of sp³-hybridized carbons (Fsp3) is 0.647. The molecule has 0 unspecified atom stereocenters. The second kappa shape index (κ2) is 7.18. The molecule has 22 heavy (non-hydrogen) atoms. The van der Waals surface area contributed by atoms with Crippen LogP contribution in [0.4, 0.5) is 0 Å². The summed E-state index contributed by atoms with van der Waals surface area (Å²) in [6, 6.07) is 6.12. The number of likely N-dealkylation sites (tertiary alicyclic amines) is 1. The first-order chi connectivity index (χ1) is 10.7. The van der Waals surface area contributed by atoms with Crippen molar-refractivity contribution in [3.8, 4) is 5.75 Å². The molecule has 2 heterocycles. The zero-order chi connectivity index (χ0) is 15.5. The van der Waals surface area contributed by atoms with Gasteiger partial charge in [-0.05, 0) is 44.0 Å². The monoisotopic (exact) mass is 325 g/mol. The number of hydrogen-bond acceptors (Lipinski definition) is 4. The predicted octanol–water partition coefficient (Wildman–Crippen LogP) is 2.71. The van der Waals surface area contributed by atoms with Crippen molar-refractivity contribution in [2.75, 3.05) is 26.9 Å². The summed E-state index contributed by atoms with van der Waals surface area (Å²) in [4.78, 5) is 2.44. The van der Waals surface area contributed by atoms with E-state index in [1.807, 2.05) is 18.2 Å². The van der Waals surface area contributed by atoms with Crippen LogP contribution in [0.2, 0.25) is 5.02 Å². The van der Waals surface area contributed by atoms with E-state index < -0.39 is 0 Å². The van der Waals surface area contributed by atoms with Gasteiger partial charge in [-0.15, -0.1) is 0 Å². The number of halogens is 1. The lowest BCUT2D eigenvalue weighted by Crippen LogP contribution is -2.45. The number of ether oxygens (including phenoxy) is 2. The third kappa shape index (κ3) is 3.40. The third-order valence-corrected chi connectivity index (χ3v) is 5.12. The number of aliphatic hydroxyl groups excluding tert-OH is 1. The first kappa shape index (κ1) is 16.1. The summed E-state index contributed by atoms with van der Waals surface area (Å²) >= 11 is 6.13. The fourth-order valence-electron chi connectivity index (χ4n) is 3.74. The highest BCUT2D eigenvalue weighted by Gasteiger charge is 2.37. The average molecular weight is 326 g/mol. The summed E-state index contributed by atoms with van der Waals surface area (Å²) in [5.74, 6) is 1.08. The maximum atomic E-state index is 10.3. The molecule has 2 aliphatic heterocycles. The normalized spacial score (nSPS) is 29.7. The molecule has 1 aromatic rings. The molecular weight excluding hydrogens is 302 g/mol. The zero-order valence-corrected chi connectivity index (χ0v) is 13.8. The number of aliphatic hydroxyl groups is 1. The molecule has 2 aliphatic rings. The highest BCUT2D eigenvalue weighted by molar-refractivity contribution is 6.30. The molecule has 2 fully saturated rings. The maximum absolute atomic E-state index is 10.3. The summed E-state index contributed by atoms with van der Waals surface area (Å²) in [5.41, 5.74) is 1.10. The van der Waals surface area contributed by atoms with Gasteiger partial charge in [0.15, 0.2) is 0 Å². The second-order valence-electron chi connectivity index (χ2n) is 6.23. The summed E-state index contributed by atoms with van der Waals surface area (Å²) in [6.45, 7) is 3.18. The number of rotatable bonds is 4. The van der Waals surface area contributed by atoms with Crippen molar-refractivity contribution in [2.45, 2.75) is 38.0 Å². The van der Waals surface area contributed by atoms with Crippen LogP contribution >= 0.6 is 11.6 Å². The van der Waals surface area contributed by atoms with Crippen molar-refractivity contribution < 1.29 is 14.6 Å². The van der Waals surface area contributed by atoms with Gasteiger partial charge in [0.25, 0.3) is 0 Å². The Hall–Kier alpha value is -0.810. The van der Waals surface area contributed by atoms with Gasteiger partial charge in [0.2, 0.25) is 0 Å². The van der Waals surface area contributed by atoms with Crippen molar-refractivity contribution in [2.24, 2.45) is 5.92 Å². The van der Waals surface area contributed by atoms with Crippen molar-refractivity contribution in [1.82, 2.24) is 4.90 Å². The lowest BCUT2D eigenvalue weighted by molar-refractivity contribution is -0.0636. The Morgan fingerprint density at radius 3 is 3.05 bits per heavy atom. The van der Waals surface area contributed by atoms with E-state index in [0.717, 1.165) is 48.7 Å². The van der Waals surface area contributed by atoms with Crippen LogP contribution in [0.5, 0.6) is 5.75 Å². The summed E-state index contributed by atoms with van der Waals surface area (Å²) in [7, 11) is 1.69. The molecule has 0 spiro atoms. The highest BCUT2D eigenvalue weighted by atomic mass is 35.5. The molecule has 4 nitrogen and oxygen atoms in total. The second-order valence-corrected chi connectivity index (χ2v) is 6.67. The van der Waals surface area contributed by atoms with E-state index in [9.17, 15) is 5.11 Å². The van der Waals surface area contributed by atoms with Crippen LogP contribution in [0.3, 0.4) is 0 Å². The van der Waals surface area contributed by atoms with E-state index in [2.05, 4.69) is 4.90 Å². The summed E-state index contributed by atoms with van der Waals surface area (Å²) in [5, 5.41) is 11.0. The van der Waals surface area contributed by atoms with E-state index in [4.69, 9.17) is 21.1 Å². The van der Waals surface area contributed by atoms with Crippen molar-refractivity contribution in [3.05, 3.63) is 28.8 Å². The average Bonchev–Trinajstić information content (AvgIpc) is 2.96. The SMILES string of the molecule is COc1ccc(Cl)cc1CN1CCC[C@@H]1[C@@H]1COCC[C@H]1O. The van der Waals surface area contributed by atoms with Gasteiger partial charge in [0, 0.05) is 35.7 Å². The maximum Gasteiger partial charge on any atom is 0.123 e. The van der Waals surface area contributed by atoms with Gasteiger partial charge >= 0.3 is 0 Å². The van der Waals surface area contributed by atoms with Gasteiger partial charge < -0.3 is 14.6 Å². The smallest absolute Gasteiger partial charge is 0.123 e. The Labute approximate surface area is 137 Å². The van der Waals surface area contributed by atoms with Crippen LogP contribution < -0.4 is 4.74 Å². The van der Waals surface area contributed by atoms with Crippen LogP contribution in [0, 0.1) is 5.92 Å². The minimum Gasteiger partial charge on any atom is -0.496 e. The molecule has 0 radical (unpaired) electrons. The van der Waals surface area contributed by atoms with Gasteiger partial charge in [-0.2, -0.15) is 0 Å². The Kier molecular flexibility index (Phi) is 5.24. The zero-order valence-electron chi connectivity index (χ0n) is 13.0. The lowest BCUT2D eigenvalue weighted by Gasteiger charge is -2.37. The first-order valence-corrected chi connectivity index (χ1v) is 8.39. The third-order valence-electron chi connectivity index (χ3n) is 4.89. The molecule has 3 rings (SSSR count). The Bertz CT molecular complexity index is 511. The Balaban J connectivity index is 1.75. The highest BCUT2D eigenvalue weighted by Crippen LogP contribution is 2.33. The Morgan fingerprint density at radius 1 is 1.41 bits per heavy atom. The molecule has 1 N–H and O–H groups in total. The number of hydrogen-bond donors (Lipinski definition) is 1. The topological polar surface area (TPSA) is 41.9 Å². The fourth-order valence-corrected chi connectivity index (χ4v) is 3.93. The molecule has 0 bridgehead atoms. The quantitative estimate of drug-likeness (QED) is 0.924. The standard InChI is InChI=1S/C17H24ClNO3/c1-21-17-5-4-13(18)9-12(17)10-19-7-2-3-15(19)14-11-22-8-6-16(14)20/h4-5,9,14-16,20H,2-3,6-8,10-11H2,1H3/t14-,15+,16+/m0/s1. The molecule has 0 aromatic heterocycles. The molecule has 5 heteroatoms. The van der Waals surface area contributed by atoms with E-state index in [1.165, 1.54) is 0 Å². The molecule has 0 amide bonds. The minimum absolute atomic E-state index is 0.210. The van der Waals surface area contributed by atoms with Gasteiger partial charge in [-0.25, -0.2) is 0 Å². The van der Waals surface area contributed by atoms with E-state index in [0.29, 0.717) is 19.3 Å². The van der Waals surface area contributed by atoms with Crippen LogP contribution in [-0.2, 0) is 11.3 Å². The van der Waals surface area contributed by atoms with Crippen LogP contribution in [0.25, 0.3) is 0 Å². The number of methoxy groups -OCH3 is 1. The number of benzene rings is 1. The first-order valence-electron chi connectivity index (χ1n) is 8.01. The van der Waals surface area contributed by atoms with E-state index in [1.54, 1.807) is 7.11 Å². The van der Waals surface area contributed by atoms with Crippen molar-refractivity contribution in [1.29, 1.82) is 0 Å². The van der Waals surface area contributed by atoms with Crippen molar-refractivity contribution >= 4 is 11.6 Å². The lowest BCUT2D eigenvalue weighted by atomic mass is 9.89. The summed E-state index contributed by atoms with van der Waals surface area (Å²) in [6.07, 6.45) is 2.78. The van der Waals surface area contributed by atoms with Crippen LogP contribution in [0.1, 0.15) is 24.8 Å². The van der Waals surface area contributed by atoms with Gasteiger partial charge in [-0.1, -0.05) is 11.6 Å². The molecule has 2 saturated heterocycles. The minimum atomic E-state index is -0.249. The molecule has 0 saturated carbocycles. The predicted molar refractivity (Wildman–Crippen MR) is 86.4 cm³/mol. The van der Waals surface area contributed by atoms with Gasteiger partial charge in [0.05, 0.1) is 19.8 Å². The Morgan fingerprint density at radius 2 is 2.27 bits per heavy atom. The van der Waals surface area contributed by atoms with Gasteiger partial charge in [0.1, 0.15) is 5.75 Å². The molecular formula is C17H24ClNO3. The van der Waals surface area contributed by atoms with Crippen molar-refractivity contribution in [3.63, 3.8) is 0 Å². The largest absolute Gasteiger partial charge is 0.496 e. The molecule has 0 aliphatic carbocycles. The molecule has 3 atom stereocenters. The van der Waals surface area contributed by atoms with Crippen LogP contribution in [0.15, 0.2) is 18.2 Å². The van der Waals surface area contributed by atoms with E-state index in [-0.39, 0.29) is 12.0 Å². The molecule has 1 aromatic carbocycles.